The minimum atomic E-state index is -0.755. The molecule has 2 rings (SSSR count). The highest BCUT2D eigenvalue weighted by molar-refractivity contribution is 5.99. The van der Waals surface area contributed by atoms with E-state index in [0.717, 1.165) is 0 Å². The molecular weight excluding hydrogens is 257 g/mol. The standard InChI is InChI=1S/C16H12FNO2/c1-11(16(19)12-6-8-14(17)9-7-12)20-15-5-3-2-4-13(15)10-18/h2-9,11H,1H3. The quantitative estimate of drug-likeness (QED) is 0.800. The van der Waals surface area contributed by atoms with Gasteiger partial charge in [0, 0.05) is 5.56 Å². The molecule has 0 fully saturated rings. The predicted octanol–water partition coefficient (Wildman–Crippen LogP) is 3.35. The molecule has 0 saturated heterocycles. The molecule has 0 N–H and O–H groups in total. The average molecular weight is 269 g/mol. The van der Waals surface area contributed by atoms with Crippen molar-refractivity contribution in [3.8, 4) is 11.8 Å². The van der Waals surface area contributed by atoms with E-state index in [0.29, 0.717) is 16.9 Å². The van der Waals surface area contributed by atoms with Gasteiger partial charge in [0.1, 0.15) is 17.6 Å². The zero-order valence-corrected chi connectivity index (χ0v) is 10.8. The second-order valence-electron chi connectivity index (χ2n) is 4.24. The average Bonchev–Trinajstić information content (AvgIpc) is 2.48. The number of benzene rings is 2. The fourth-order valence-electron chi connectivity index (χ4n) is 1.75. The van der Waals surface area contributed by atoms with Crippen LogP contribution in [0.1, 0.15) is 22.8 Å². The molecule has 3 nitrogen and oxygen atoms in total. The van der Waals surface area contributed by atoms with E-state index in [9.17, 15) is 9.18 Å². The zero-order valence-electron chi connectivity index (χ0n) is 10.8. The molecule has 0 saturated carbocycles. The normalized spacial score (nSPS) is 11.4. The van der Waals surface area contributed by atoms with E-state index in [-0.39, 0.29) is 5.78 Å². The number of carbonyl (C=O) groups excluding carboxylic acids is 1. The summed E-state index contributed by atoms with van der Waals surface area (Å²) in [7, 11) is 0. The maximum atomic E-state index is 12.8. The van der Waals surface area contributed by atoms with Gasteiger partial charge in [0.05, 0.1) is 5.56 Å². The topological polar surface area (TPSA) is 50.1 Å². The number of para-hydroxylation sites is 1. The third-order valence-corrected chi connectivity index (χ3v) is 2.81. The molecular formula is C16H12FNO2. The largest absolute Gasteiger partial charge is 0.481 e. The Morgan fingerprint density at radius 3 is 2.50 bits per heavy atom. The monoisotopic (exact) mass is 269 g/mol. The second-order valence-corrected chi connectivity index (χ2v) is 4.24. The molecule has 0 aromatic heterocycles. The van der Waals surface area contributed by atoms with Crippen molar-refractivity contribution in [2.45, 2.75) is 13.0 Å². The predicted molar refractivity (Wildman–Crippen MR) is 72.0 cm³/mol. The van der Waals surface area contributed by atoms with Gasteiger partial charge in [-0.05, 0) is 43.3 Å². The highest BCUT2D eigenvalue weighted by atomic mass is 19.1. The van der Waals surface area contributed by atoms with Crippen LogP contribution in [-0.2, 0) is 0 Å². The maximum Gasteiger partial charge on any atom is 0.202 e. The summed E-state index contributed by atoms with van der Waals surface area (Å²) in [6.07, 6.45) is -0.755. The lowest BCUT2D eigenvalue weighted by atomic mass is 10.1. The van der Waals surface area contributed by atoms with Gasteiger partial charge in [0.2, 0.25) is 5.78 Å². The number of hydrogen-bond acceptors (Lipinski definition) is 3. The van der Waals surface area contributed by atoms with E-state index in [2.05, 4.69) is 0 Å². The van der Waals surface area contributed by atoms with Gasteiger partial charge >= 0.3 is 0 Å². The first kappa shape index (κ1) is 13.8. The Labute approximate surface area is 116 Å². The lowest BCUT2D eigenvalue weighted by Gasteiger charge is -2.14. The summed E-state index contributed by atoms with van der Waals surface area (Å²) in [5.74, 6) is -0.305. The molecule has 4 heteroatoms. The SMILES string of the molecule is CC(Oc1ccccc1C#N)C(=O)c1ccc(F)cc1. The number of nitrogens with zero attached hydrogens (tertiary/aromatic N) is 1. The summed E-state index contributed by atoms with van der Waals surface area (Å²) in [4.78, 5) is 12.1. The van der Waals surface area contributed by atoms with Gasteiger partial charge in [-0.15, -0.1) is 0 Å². The van der Waals surface area contributed by atoms with E-state index in [1.54, 1.807) is 31.2 Å². The lowest BCUT2D eigenvalue weighted by Crippen LogP contribution is -2.24. The number of halogens is 1. The fraction of sp³-hybridized carbons (Fsp3) is 0.125. The summed E-state index contributed by atoms with van der Waals surface area (Å²) in [6.45, 7) is 1.60. The van der Waals surface area contributed by atoms with Crippen molar-refractivity contribution in [2.75, 3.05) is 0 Å². The van der Waals surface area contributed by atoms with Crippen LogP contribution in [0.2, 0.25) is 0 Å². The molecule has 1 unspecified atom stereocenters. The van der Waals surface area contributed by atoms with Crippen LogP contribution in [0.15, 0.2) is 48.5 Å². The third kappa shape index (κ3) is 3.01. The molecule has 100 valence electrons. The van der Waals surface area contributed by atoms with Crippen molar-refractivity contribution in [3.05, 3.63) is 65.5 Å². The number of carbonyl (C=O) groups is 1. The third-order valence-electron chi connectivity index (χ3n) is 2.81. The highest BCUT2D eigenvalue weighted by Crippen LogP contribution is 2.19. The Balaban J connectivity index is 2.16. The number of nitriles is 1. The summed E-state index contributed by atoms with van der Waals surface area (Å²) < 4.78 is 18.3. The number of hydrogen-bond donors (Lipinski definition) is 0. The molecule has 0 spiro atoms. The van der Waals surface area contributed by atoms with Crippen molar-refractivity contribution >= 4 is 5.78 Å². The van der Waals surface area contributed by atoms with E-state index in [4.69, 9.17) is 10.00 Å². The van der Waals surface area contributed by atoms with E-state index < -0.39 is 11.9 Å². The smallest absolute Gasteiger partial charge is 0.202 e. The van der Waals surface area contributed by atoms with Gasteiger partial charge in [-0.3, -0.25) is 4.79 Å². The van der Waals surface area contributed by atoms with Crippen LogP contribution in [0, 0.1) is 17.1 Å². The van der Waals surface area contributed by atoms with Crippen LogP contribution >= 0.6 is 0 Å². The maximum absolute atomic E-state index is 12.8. The highest BCUT2D eigenvalue weighted by Gasteiger charge is 2.18. The molecule has 0 heterocycles. The van der Waals surface area contributed by atoms with Gasteiger partial charge < -0.3 is 4.74 Å². The summed E-state index contributed by atoms with van der Waals surface area (Å²) >= 11 is 0. The van der Waals surface area contributed by atoms with Crippen LogP contribution < -0.4 is 4.74 Å². The Bertz CT molecular complexity index is 659. The van der Waals surface area contributed by atoms with Crippen LogP contribution in [-0.4, -0.2) is 11.9 Å². The van der Waals surface area contributed by atoms with Crippen LogP contribution in [0.25, 0.3) is 0 Å². The number of rotatable bonds is 4. The van der Waals surface area contributed by atoms with Gasteiger partial charge in [0.15, 0.2) is 6.10 Å². The van der Waals surface area contributed by atoms with Crippen LogP contribution in [0.5, 0.6) is 5.75 Å². The lowest BCUT2D eigenvalue weighted by molar-refractivity contribution is 0.0817. The van der Waals surface area contributed by atoms with Gasteiger partial charge in [-0.2, -0.15) is 5.26 Å². The Kier molecular flexibility index (Phi) is 4.11. The number of ketones is 1. The van der Waals surface area contributed by atoms with Crippen molar-refractivity contribution in [1.82, 2.24) is 0 Å². The molecule has 0 aliphatic rings. The van der Waals surface area contributed by atoms with Gasteiger partial charge in [0.25, 0.3) is 0 Å². The molecule has 0 bridgehead atoms. The summed E-state index contributed by atoms with van der Waals surface area (Å²) in [6, 6.07) is 14.0. The molecule has 2 aromatic rings. The first-order valence-electron chi connectivity index (χ1n) is 6.07. The number of ether oxygens (including phenoxy) is 1. The van der Waals surface area contributed by atoms with Gasteiger partial charge in [-0.25, -0.2) is 4.39 Å². The molecule has 0 radical (unpaired) electrons. The van der Waals surface area contributed by atoms with E-state index in [1.807, 2.05) is 6.07 Å². The molecule has 20 heavy (non-hydrogen) atoms. The summed E-state index contributed by atoms with van der Waals surface area (Å²) in [5.41, 5.74) is 0.736. The van der Waals surface area contributed by atoms with Crippen molar-refractivity contribution < 1.29 is 13.9 Å². The molecule has 0 aliphatic carbocycles. The van der Waals surface area contributed by atoms with E-state index in [1.165, 1.54) is 24.3 Å². The Morgan fingerprint density at radius 2 is 1.85 bits per heavy atom. The summed E-state index contributed by atoms with van der Waals surface area (Å²) in [5, 5.41) is 8.96. The Morgan fingerprint density at radius 1 is 1.20 bits per heavy atom. The van der Waals surface area contributed by atoms with Crippen molar-refractivity contribution in [1.29, 1.82) is 5.26 Å². The first-order valence-corrected chi connectivity index (χ1v) is 6.07. The van der Waals surface area contributed by atoms with Crippen LogP contribution in [0.4, 0.5) is 4.39 Å². The van der Waals surface area contributed by atoms with Crippen molar-refractivity contribution in [2.24, 2.45) is 0 Å². The molecule has 0 aliphatic heterocycles. The molecule has 1 atom stereocenters. The first-order chi connectivity index (χ1) is 9.61. The second kappa shape index (κ2) is 5.98. The molecule has 0 amide bonds. The Hall–Kier alpha value is -2.67. The minimum Gasteiger partial charge on any atom is -0.481 e. The van der Waals surface area contributed by atoms with E-state index >= 15 is 0 Å². The molecule has 2 aromatic carbocycles. The number of Topliss-reactive ketones (excluding diaryl/α,β-unsaturated/α-hetero) is 1. The van der Waals surface area contributed by atoms with Crippen LogP contribution in [0.3, 0.4) is 0 Å². The fourth-order valence-corrected chi connectivity index (χ4v) is 1.75. The van der Waals surface area contributed by atoms with Gasteiger partial charge in [-0.1, -0.05) is 12.1 Å². The van der Waals surface area contributed by atoms with Crippen molar-refractivity contribution in [3.63, 3.8) is 0 Å². The zero-order chi connectivity index (χ0) is 14.5. The minimum absolute atomic E-state index is 0.266.